The number of hydrogen-bond acceptors (Lipinski definition) is 1. The van der Waals surface area contributed by atoms with Crippen LogP contribution in [0.25, 0.3) is 0 Å². The number of amides is 2. The molecule has 2 amide bonds. The normalized spacial score (nSPS) is 22.8. The van der Waals surface area contributed by atoms with E-state index < -0.39 is 0 Å². The maximum atomic E-state index is 13.2. The molecule has 126 valence electrons. The van der Waals surface area contributed by atoms with Crippen molar-refractivity contribution in [1.82, 2.24) is 4.90 Å². The molecule has 1 spiro atoms. The molecule has 3 nitrogen and oxygen atoms in total. The summed E-state index contributed by atoms with van der Waals surface area (Å²) in [5.74, 6) is 0.522. The van der Waals surface area contributed by atoms with Crippen LogP contribution in [0.15, 0.2) is 12.1 Å². The summed E-state index contributed by atoms with van der Waals surface area (Å²) < 4.78 is 0. The molecule has 1 aliphatic heterocycles. The van der Waals surface area contributed by atoms with Crippen LogP contribution in [0.3, 0.4) is 0 Å². The van der Waals surface area contributed by atoms with Crippen molar-refractivity contribution in [3.8, 4) is 0 Å². The zero-order valence-electron chi connectivity index (χ0n) is 15.3. The van der Waals surface area contributed by atoms with Crippen LogP contribution in [0.2, 0.25) is 0 Å². The molecule has 3 rings (SSSR count). The molecule has 1 saturated carbocycles. The third-order valence-electron chi connectivity index (χ3n) is 5.87. The number of aryl methyl sites for hydroxylation is 2. The molecule has 23 heavy (non-hydrogen) atoms. The summed E-state index contributed by atoms with van der Waals surface area (Å²) in [5.41, 5.74) is 5.16. The molecule has 0 saturated heterocycles. The van der Waals surface area contributed by atoms with Crippen LogP contribution in [-0.2, 0) is 0 Å². The lowest BCUT2D eigenvalue weighted by atomic mass is 9.69. The molecule has 3 heteroatoms. The summed E-state index contributed by atoms with van der Waals surface area (Å²) in [7, 11) is 3.75. The minimum atomic E-state index is 0.0184. The van der Waals surface area contributed by atoms with E-state index in [1.807, 2.05) is 14.1 Å². The summed E-state index contributed by atoms with van der Waals surface area (Å²) in [6.07, 6.45) is 7.17. The van der Waals surface area contributed by atoms with Gasteiger partial charge in [-0.2, -0.15) is 0 Å². The molecule has 1 aromatic carbocycles. The first kappa shape index (κ1) is 16.4. The number of urea groups is 1. The highest BCUT2D eigenvalue weighted by atomic mass is 16.2. The zero-order chi connectivity index (χ0) is 16.8. The van der Waals surface area contributed by atoms with Gasteiger partial charge in [-0.05, 0) is 55.7 Å². The Morgan fingerprint density at radius 3 is 2.35 bits per heavy atom. The SMILES string of the molecule is Cc1ccc(C)c2c1C(C)CC1(CCCCC1)N2C(=O)N(C)C. The number of carbonyl (C=O) groups excluding carboxylic acids is 1. The van der Waals surface area contributed by atoms with Gasteiger partial charge in [0, 0.05) is 14.1 Å². The topological polar surface area (TPSA) is 23.6 Å². The molecule has 1 atom stereocenters. The second-order valence-corrected chi connectivity index (χ2v) is 7.86. The lowest BCUT2D eigenvalue weighted by Crippen LogP contribution is -2.59. The fourth-order valence-corrected chi connectivity index (χ4v) is 4.87. The molecule has 1 unspecified atom stereocenters. The van der Waals surface area contributed by atoms with Gasteiger partial charge in [-0.25, -0.2) is 4.79 Å². The van der Waals surface area contributed by atoms with E-state index in [1.54, 1.807) is 4.90 Å². The van der Waals surface area contributed by atoms with E-state index in [9.17, 15) is 4.79 Å². The molecule has 2 aliphatic rings. The highest BCUT2D eigenvalue weighted by Crippen LogP contribution is 2.51. The second-order valence-electron chi connectivity index (χ2n) is 7.86. The fourth-order valence-electron chi connectivity index (χ4n) is 4.87. The Morgan fingerprint density at radius 2 is 1.74 bits per heavy atom. The smallest absolute Gasteiger partial charge is 0.324 e. The molecule has 0 radical (unpaired) electrons. The first-order chi connectivity index (χ1) is 10.9. The molecular weight excluding hydrogens is 284 g/mol. The Morgan fingerprint density at radius 1 is 1.13 bits per heavy atom. The van der Waals surface area contributed by atoms with E-state index in [0.29, 0.717) is 5.92 Å². The van der Waals surface area contributed by atoms with Gasteiger partial charge in [0.15, 0.2) is 0 Å². The zero-order valence-corrected chi connectivity index (χ0v) is 15.3. The monoisotopic (exact) mass is 314 g/mol. The summed E-state index contributed by atoms with van der Waals surface area (Å²) in [5, 5.41) is 0. The van der Waals surface area contributed by atoms with E-state index in [1.165, 1.54) is 41.6 Å². The van der Waals surface area contributed by atoms with Crippen LogP contribution < -0.4 is 4.90 Å². The van der Waals surface area contributed by atoms with Crippen LogP contribution in [0.5, 0.6) is 0 Å². The number of nitrogens with zero attached hydrogens (tertiary/aromatic N) is 2. The summed E-state index contributed by atoms with van der Waals surface area (Å²) in [6.45, 7) is 6.69. The molecule has 0 aromatic heterocycles. The second kappa shape index (κ2) is 5.85. The number of fused-ring (bicyclic) bond motifs is 1. The van der Waals surface area contributed by atoms with E-state index in [0.717, 1.165) is 19.3 Å². The maximum absolute atomic E-state index is 13.2. The van der Waals surface area contributed by atoms with Gasteiger partial charge in [0.1, 0.15) is 0 Å². The van der Waals surface area contributed by atoms with E-state index in [-0.39, 0.29) is 11.6 Å². The molecule has 1 fully saturated rings. The standard InChI is InChI=1S/C20H30N2O/c1-14-9-10-15(2)18-17(14)16(3)13-20(11-7-6-8-12-20)22(18)19(23)21(4)5/h9-10,16H,6-8,11-13H2,1-5H3. The number of carbonyl (C=O) groups is 1. The van der Waals surface area contributed by atoms with Crippen molar-refractivity contribution >= 4 is 11.7 Å². The molecular formula is C20H30N2O. The Labute approximate surface area is 140 Å². The van der Waals surface area contributed by atoms with Gasteiger partial charge in [0.2, 0.25) is 0 Å². The third-order valence-corrected chi connectivity index (χ3v) is 5.87. The van der Waals surface area contributed by atoms with Crippen LogP contribution in [0.4, 0.5) is 10.5 Å². The predicted octanol–water partition coefficient (Wildman–Crippen LogP) is 5.00. The molecule has 1 heterocycles. The quantitative estimate of drug-likeness (QED) is 0.661. The van der Waals surface area contributed by atoms with Crippen molar-refractivity contribution in [2.45, 2.75) is 70.8 Å². The average molecular weight is 314 g/mol. The van der Waals surface area contributed by atoms with Gasteiger partial charge in [-0.1, -0.05) is 38.3 Å². The van der Waals surface area contributed by atoms with Gasteiger partial charge in [-0.3, -0.25) is 4.90 Å². The number of benzene rings is 1. The Kier molecular flexibility index (Phi) is 4.16. The predicted molar refractivity (Wildman–Crippen MR) is 96.3 cm³/mol. The van der Waals surface area contributed by atoms with Gasteiger partial charge in [-0.15, -0.1) is 0 Å². The van der Waals surface area contributed by atoms with Crippen molar-refractivity contribution < 1.29 is 4.79 Å². The van der Waals surface area contributed by atoms with Crippen molar-refractivity contribution in [3.63, 3.8) is 0 Å². The Bertz CT molecular complexity index is 614. The first-order valence-corrected chi connectivity index (χ1v) is 8.99. The fraction of sp³-hybridized carbons (Fsp3) is 0.650. The Balaban J connectivity index is 2.22. The van der Waals surface area contributed by atoms with E-state index >= 15 is 0 Å². The first-order valence-electron chi connectivity index (χ1n) is 8.99. The summed E-state index contributed by atoms with van der Waals surface area (Å²) in [6, 6.07) is 4.54. The van der Waals surface area contributed by atoms with Crippen LogP contribution in [-0.4, -0.2) is 30.6 Å². The minimum absolute atomic E-state index is 0.0184. The van der Waals surface area contributed by atoms with Gasteiger partial charge in [0.05, 0.1) is 11.2 Å². The highest BCUT2D eigenvalue weighted by Gasteiger charge is 2.48. The molecule has 0 bridgehead atoms. The number of rotatable bonds is 0. The van der Waals surface area contributed by atoms with Gasteiger partial charge >= 0.3 is 6.03 Å². The van der Waals surface area contributed by atoms with Crippen LogP contribution in [0.1, 0.15) is 68.1 Å². The third kappa shape index (κ3) is 2.54. The van der Waals surface area contributed by atoms with Crippen molar-refractivity contribution in [2.24, 2.45) is 0 Å². The van der Waals surface area contributed by atoms with Crippen LogP contribution >= 0.6 is 0 Å². The minimum Gasteiger partial charge on any atom is -0.330 e. The number of hydrogen-bond donors (Lipinski definition) is 0. The number of anilines is 1. The largest absolute Gasteiger partial charge is 0.330 e. The summed E-state index contributed by atoms with van der Waals surface area (Å²) >= 11 is 0. The summed E-state index contributed by atoms with van der Waals surface area (Å²) in [4.78, 5) is 17.1. The van der Waals surface area contributed by atoms with E-state index in [4.69, 9.17) is 0 Å². The molecule has 1 aromatic rings. The maximum Gasteiger partial charge on any atom is 0.324 e. The van der Waals surface area contributed by atoms with Gasteiger partial charge in [0.25, 0.3) is 0 Å². The van der Waals surface area contributed by atoms with E-state index in [2.05, 4.69) is 37.8 Å². The van der Waals surface area contributed by atoms with Crippen molar-refractivity contribution in [2.75, 3.05) is 19.0 Å². The van der Waals surface area contributed by atoms with Crippen LogP contribution in [0, 0.1) is 13.8 Å². The lowest BCUT2D eigenvalue weighted by Gasteiger charge is -2.53. The van der Waals surface area contributed by atoms with Crippen molar-refractivity contribution in [1.29, 1.82) is 0 Å². The highest BCUT2D eigenvalue weighted by molar-refractivity contribution is 5.96. The molecule has 0 N–H and O–H groups in total. The van der Waals surface area contributed by atoms with Gasteiger partial charge < -0.3 is 4.90 Å². The molecule has 1 aliphatic carbocycles. The lowest BCUT2D eigenvalue weighted by molar-refractivity contribution is 0.190. The average Bonchev–Trinajstić information content (AvgIpc) is 2.51. The Hall–Kier alpha value is -1.51. The van der Waals surface area contributed by atoms with Crippen molar-refractivity contribution in [3.05, 3.63) is 28.8 Å².